The Bertz CT molecular complexity index is 505. The number of hydrogen-bond donors (Lipinski definition) is 1. The fourth-order valence-corrected chi connectivity index (χ4v) is 1.20. The van der Waals surface area contributed by atoms with Crippen LogP contribution in [0.5, 0.6) is 0 Å². The molecule has 2 heterocycles. The molecule has 2 aromatic rings. The Morgan fingerprint density at radius 2 is 2.27 bits per heavy atom. The smallest absolute Gasteiger partial charge is 0.286 e. The molecule has 2 rings (SSSR count). The standard InChI is InChI=1S/C10H9N3O2/c1-6-4-7(2-3-12-6)10-13-5-8(15-10)9(11)14/h2-5H,1H3,(H2,11,14). The van der Waals surface area contributed by atoms with Crippen LogP contribution in [0.4, 0.5) is 0 Å². The number of oxazole rings is 1. The van der Waals surface area contributed by atoms with Gasteiger partial charge in [-0.2, -0.15) is 0 Å². The van der Waals surface area contributed by atoms with Crippen molar-refractivity contribution in [2.45, 2.75) is 6.92 Å². The molecule has 0 fully saturated rings. The molecule has 0 aliphatic rings. The molecular formula is C10H9N3O2. The number of pyridine rings is 1. The number of amides is 1. The van der Waals surface area contributed by atoms with Crippen molar-refractivity contribution in [3.8, 4) is 11.5 Å². The van der Waals surface area contributed by atoms with Crippen LogP contribution >= 0.6 is 0 Å². The van der Waals surface area contributed by atoms with E-state index in [1.165, 1.54) is 6.20 Å². The lowest BCUT2D eigenvalue weighted by molar-refractivity contribution is 0.0975. The highest BCUT2D eigenvalue weighted by Crippen LogP contribution is 2.18. The molecule has 5 nitrogen and oxygen atoms in total. The fraction of sp³-hybridized carbons (Fsp3) is 0.100. The maximum atomic E-state index is 10.8. The van der Waals surface area contributed by atoms with Gasteiger partial charge in [0.25, 0.3) is 5.91 Å². The van der Waals surface area contributed by atoms with Gasteiger partial charge in [-0.25, -0.2) is 4.98 Å². The summed E-state index contributed by atoms with van der Waals surface area (Å²) >= 11 is 0. The molecule has 1 amide bonds. The summed E-state index contributed by atoms with van der Waals surface area (Å²) in [5, 5.41) is 0. The van der Waals surface area contributed by atoms with E-state index < -0.39 is 5.91 Å². The van der Waals surface area contributed by atoms with Crippen molar-refractivity contribution < 1.29 is 9.21 Å². The summed E-state index contributed by atoms with van der Waals surface area (Å²) in [6.45, 7) is 1.86. The van der Waals surface area contributed by atoms with Gasteiger partial charge in [0.15, 0.2) is 0 Å². The van der Waals surface area contributed by atoms with Gasteiger partial charge in [-0.1, -0.05) is 0 Å². The Morgan fingerprint density at radius 1 is 1.47 bits per heavy atom. The normalized spacial score (nSPS) is 10.2. The monoisotopic (exact) mass is 203 g/mol. The van der Waals surface area contributed by atoms with Crippen LogP contribution < -0.4 is 5.73 Å². The van der Waals surface area contributed by atoms with Crippen LogP contribution in [0.2, 0.25) is 0 Å². The first-order valence-electron chi connectivity index (χ1n) is 4.35. The van der Waals surface area contributed by atoms with Gasteiger partial charge in [0.1, 0.15) is 0 Å². The molecule has 0 bridgehead atoms. The Labute approximate surface area is 86.0 Å². The highest BCUT2D eigenvalue weighted by Gasteiger charge is 2.10. The lowest BCUT2D eigenvalue weighted by Crippen LogP contribution is -2.09. The van der Waals surface area contributed by atoms with Crippen LogP contribution in [0.1, 0.15) is 16.2 Å². The second-order valence-electron chi connectivity index (χ2n) is 3.08. The van der Waals surface area contributed by atoms with Gasteiger partial charge in [0.05, 0.1) is 6.20 Å². The predicted octanol–water partition coefficient (Wildman–Crippen LogP) is 1.14. The third-order valence-electron chi connectivity index (χ3n) is 1.89. The lowest BCUT2D eigenvalue weighted by atomic mass is 10.2. The summed E-state index contributed by atoms with van der Waals surface area (Å²) in [5.74, 6) is -0.201. The quantitative estimate of drug-likeness (QED) is 0.793. The largest absolute Gasteiger partial charge is 0.431 e. The number of rotatable bonds is 2. The van der Waals surface area contributed by atoms with Crippen LogP contribution in [0, 0.1) is 6.92 Å². The number of nitrogens with two attached hydrogens (primary N) is 1. The first-order chi connectivity index (χ1) is 7.16. The van der Waals surface area contributed by atoms with Gasteiger partial charge in [-0.15, -0.1) is 0 Å². The summed E-state index contributed by atoms with van der Waals surface area (Å²) in [5.41, 5.74) is 6.68. The fourth-order valence-electron chi connectivity index (χ4n) is 1.20. The minimum Gasteiger partial charge on any atom is -0.431 e. The Balaban J connectivity index is 2.41. The van der Waals surface area contributed by atoms with Crippen molar-refractivity contribution in [1.29, 1.82) is 0 Å². The molecular weight excluding hydrogens is 194 g/mol. The van der Waals surface area contributed by atoms with Gasteiger partial charge in [-0.05, 0) is 19.1 Å². The van der Waals surface area contributed by atoms with Gasteiger partial charge in [-0.3, -0.25) is 9.78 Å². The maximum absolute atomic E-state index is 10.8. The molecule has 2 aromatic heterocycles. The number of carbonyl (C=O) groups excluding carboxylic acids is 1. The first-order valence-corrected chi connectivity index (χ1v) is 4.35. The molecule has 0 saturated carbocycles. The third kappa shape index (κ3) is 1.85. The molecule has 0 radical (unpaired) electrons. The second-order valence-corrected chi connectivity index (χ2v) is 3.08. The molecule has 0 saturated heterocycles. The minimum absolute atomic E-state index is 0.0551. The molecule has 0 atom stereocenters. The third-order valence-corrected chi connectivity index (χ3v) is 1.89. The molecule has 76 valence electrons. The average molecular weight is 203 g/mol. The lowest BCUT2D eigenvalue weighted by Gasteiger charge is -1.95. The summed E-state index contributed by atoms with van der Waals surface area (Å²) in [6.07, 6.45) is 2.96. The van der Waals surface area contributed by atoms with Crippen molar-refractivity contribution in [3.05, 3.63) is 36.0 Å². The summed E-state index contributed by atoms with van der Waals surface area (Å²) in [4.78, 5) is 18.8. The van der Waals surface area contributed by atoms with Crippen molar-refractivity contribution in [2.75, 3.05) is 0 Å². The van der Waals surface area contributed by atoms with E-state index in [1.807, 2.05) is 13.0 Å². The van der Waals surface area contributed by atoms with E-state index in [2.05, 4.69) is 9.97 Å². The van der Waals surface area contributed by atoms with E-state index >= 15 is 0 Å². The molecule has 15 heavy (non-hydrogen) atoms. The van der Waals surface area contributed by atoms with E-state index in [4.69, 9.17) is 10.2 Å². The molecule has 0 aromatic carbocycles. The van der Waals surface area contributed by atoms with E-state index in [9.17, 15) is 4.79 Å². The molecule has 2 N–H and O–H groups in total. The molecule has 5 heteroatoms. The maximum Gasteiger partial charge on any atom is 0.286 e. The molecule has 0 aliphatic carbocycles. The van der Waals surface area contributed by atoms with Gasteiger partial charge in [0.2, 0.25) is 11.7 Å². The van der Waals surface area contributed by atoms with E-state index in [0.29, 0.717) is 5.89 Å². The van der Waals surface area contributed by atoms with E-state index in [-0.39, 0.29) is 5.76 Å². The summed E-state index contributed by atoms with van der Waals surface area (Å²) in [7, 11) is 0. The van der Waals surface area contributed by atoms with Crippen LogP contribution in [-0.4, -0.2) is 15.9 Å². The van der Waals surface area contributed by atoms with Crippen molar-refractivity contribution in [1.82, 2.24) is 9.97 Å². The number of hydrogen-bond acceptors (Lipinski definition) is 4. The molecule has 0 aliphatic heterocycles. The van der Waals surface area contributed by atoms with Crippen LogP contribution in [0.3, 0.4) is 0 Å². The van der Waals surface area contributed by atoms with Crippen LogP contribution in [0.15, 0.2) is 28.9 Å². The van der Waals surface area contributed by atoms with Gasteiger partial charge in [0, 0.05) is 17.5 Å². The number of aromatic nitrogens is 2. The first kappa shape index (κ1) is 9.39. The molecule has 0 unspecified atom stereocenters. The van der Waals surface area contributed by atoms with E-state index in [0.717, 1.165) is 11.3 Å². The number of aryl methyl sites for hydroxylation is 1. The number of primary amides is 1. The summed E-state index contributed by atoms with van der Waals surface area (Å²) < 4.78 is 5.17. The predicted molar refractivity (Wildman–Crippen MR) is 53.0 cm³/mol. The minimum atomic E-state index is -0.625. The molecule has 0 spiro atoms. The zero-order chi connectivity index (χ0) is 10.8. The zero-order valence-corrected chi connectivity index (χ0v) is 8.10. The van der Waals surface area contributed by atoms with Crippen molar-refractivity contribution >= 4 is 5.91 Å². The van der Waals surface area contributed by atoms with Gasteiger partial charge < -0.3 is 10.2 Å². The SMILES string of the molecule is Cc1cc(-c2ncc(C(N)=O)o2)ccn1. The Hall–Kier alpha value is -2.17. The topological polar surface area (TPSA) is 82.0 Å². The van der Waals surface area contributed by atoms with Crippen molar-refractivity contribution in [2.24, 2.45) is 5.73 Å². The van der Waals surface area contributed by atoms with Crippen LogP contribution in [0.25, 0.3) is 11.5 Å². The van der Waals surface area contributed by atoms with Gasteiger partial charge >= 0.3 is 0 Å². The van der Waals surface area contributed by atoms with Crippen molar-refractivity contribution in [3.63, 3.8) is 0 Å². The number of nitrogens with zero attached hydrogens (tertiary/aromatic N) is 2. The zero-order valence-electron chi connectivity index (χ0n) is 8.10. The average Bonchev–Trinajstić information content (AvgIpc) is 2.66. The van der Waals surface area contributed by atoms with Crippen LogP contribution in [-0.2, 0) is 0 Å². The highest BCUT2D eigenvalue weighted by molar-refractivity contribution is 5.89. The van der Waals surface area contributed by atoms with E-state index in [1.54, 1.807) is 12.3 Å². The summed E-state index contributed by atoms with van der Waals surface area (Å²) in [6, 6.07) is 3.57. The Morgan fingerprint density at radius 3 is 2.87 bits per heavy atom. The highest BCUT2D eigenvalue weighted by atomic mass is 16.4. The number of carbonyl (C=O) groups is 1. The second kappa shape index (κ2) is 3.53. The Kier molecular flexibility index (Phi) is 2.21.